The summed E-state index contributed by atoms with van der Waals surface area (Å²) in [6, 6.07) is 7.21. The summed E-state index contributed by atoms with van der Waals surface area (Å²) in [7, 11) is 4.16. The van der Waals surface area contributed by atoms with Gasteiger partial charge >= 0.3 is 0 Å². The van der Waals surface area contributed by atoms with E-state index in [9.17, 15) is 9.50 Å². The topological polar surface area (TPSA) is 26.7 Å². The fourth-order valence-electron chi connectivity index (χ4n) is 2.64. The Kier molecular flexibility index (Phi) is 5.29. The molecule has 20 heavy (non-hydrogen) atoms. The molecule has 1 aliphatic rings. The summed E-state index contributed by atoms with van der Waals surface area (Å²) in [4.78, 5) is 4.51. The number of aliphatic hydroxyl groups excluding tert-OH is 1. The van der Waals surface area contributed by atoms with Crippen molar-refractivity contribution in [3.8, 4) is 0 Å². The Hall–Kier alpha value is -1.23. The number of rotatable bonds is 5. The van der Waals surface area contributed by atoms with Crippen LogP contribution in [0.3, 0.4) is 0 Å². The number of hydrogen-bond acceptors (Lipinski definition) is 3. The summed E-state index contributed by atoms with van der Waals surface area (Å²) in [5.74, 6) is -0.212. The first-order valence-electron chi connectivity index (χ1n) is 7.03. The molecule has 1 aliphatic heterocycles. The number of halogens is 1. The molecule has 2 rings (SSSR count). The Morgan fingerprint density at radius 1 is 1.35 bits per heavy atom. The van der Waals surface area contributed by atoms with E-state index < -0.39 is 0 Å². The van der Waals surface area contributed by atoms with Crippen molar-refractivity contribution in [1.82, 2.24) is 9.80 Å². The van der Waals surface area contributed by atoms with E-state index in [0.29, 0.717) is 6.04 Å². The molecule has 0 amide bonds. The number of aliphatic hydroxyl groups is 1. The summed E-state index contributed by atoms with van der Waals surface area (Å²) in [5.41, 5.74) is 0.996. The second-order valence-corrected chi connectivity index (χ2v) is 5.60. The zero-order chi connectivity index (χ0) is 14.5. The van der Waals surface area contributed by atoms with Crippen molar-refractivity contribution in [2.24, 2.45) is 0 Å². The molecule has 0 aromatic heterocycles. The van der Waals surface area contributed by atoms with E-state index in [1.54, 1.807) is 12.1 Å². The van der Waals surface area contributed by atoms with Gasteiger partial charge in [0.1, 0.15) is 5.82 Å². The monoisotopic (exact) mass is 278 g/mol. The van der Waals surface area contributed by atoms with E-state index in [0.717, 1.165) is 25.1 Å². The average molecular weight is 278 g/mol. The molecule has 1 aromatic rings. The molecule has 4 heteroatoms. The van der Waals surface area contributed by atoms with Gasteiger partial charge < -0.3 is 10.0 Å². The molecule has 1 N–H and O–H groups in total. The molecule has 0 bridgehead atoms. The lowest BCUT2D eigenvalue weighted by atomic mass is 10.1. The smallest absolute Gasteiger partial charge is 0.123 e. The maximum atomic E-state index is 12.8. The van der Waals surface area contributed by atoms with Gasteiger partial charge in [0.2, 0.25) is 0 Å². The standard InChI is InChI=1S/C16H23FN2O/c1-18(2)15-10-16(12-20)19(11-15)9-3-4-13-5-7-14(17)8-6-13/h3-8,15-16,20H,9-12H2,1-2H3/t15-,16+/m1/s1. The van der Waals surface area contributed by atoms with Crippen LogP contribution in [0.15, 0.2) is 30.3 Å². The Bertz CT molecular complexity index is 444. The van der Waals surface area contributed by atoms with Crippen LogP contribution in [0.1, 0.15) is 12.0 Å². The van der Waals surface area contributed by atoms with Gasteiger partial charge in [-0.3, -0.25) is 4.90 Å². The number of likely N-dealkylation sites (N-methyl/N-ethyl adjacent to an activating group) is 1. The normalized spacial score (nSPS) is 24.1. The van der Waals surface area contributed by atoms with Gasteiger partial charge in [0, 0.05) is 25.2 Å². The highest BCUT2D eigenvalue weighted by atomic mass is 19.1. The maximum Gasteiger partial charge on any atom is 0.123 e. The Morgan fingerprint density at radius 3 is 2.65 bits per heavy atom. The van der Waals surface area contributed by atoms with Gasteiger partial charge in [-0.1, -0.05) is 24.3 Å². The van der Waals surface area contributed by atoms with E-state index in [2.05, 4.69) is 30.0 Å². The Morgan fingerprint density at radius 2 is 2.05 bits per heavy atom. The molecule has 0 spiro atoms. The van der Waals surface area contributed by atoms with Gasteiger partial charge in [-0.2, -0.15) is 0 Å². The van der Waals surface area contributed by atoms with Crippen LogP contribution < -0.4 is 0 Å². The summed E-state index contributed by atoms with van der Waals surface area (Å²) < 4.78 is 12.8. The molecular weight excluding hydrogens is 255 g/mol. The Labute approximate surface area is 120 Å². The van der Waals surface area contributed by atoms with Crippen LogP contribution in [0.25, 0.3) is 6.08 Å². The molecular formula is C16H23FN2O. The molecule has 0 radical (unpaired) electrons. The molecule has 0 unspecified atom stereocenters. The van der Waals surface area contributed by atoms with E-state index in [-0.39, 0.29) is 18.5 Å². The Balaban J connectivity index is 1.90. The lowest BCUT2D eigenvalue weighted by Crippen LogP contribution is -2.34. The summed E-state index contributed by atoms with van der Waals surface area (Å²) in [6.45, 7) is 1.99. The van der Waals surface area contributed by atoms with E-state index in [1.165, 1.54) is 12.1 Å². The quantitative estimate of drug-likeness (QED) is 0.890. The first kappa shape index (κ1) is 15.2. The van der Waals surface area contributed by atoms with Gasteiger partial charge in [-0.05, 0) is 38.2 Å². The van der Waals surface area contributed by atoms with Crippen molar-refractivity contribution >= 4 is 6.08 Å². The van der Waals surface area contributed by atoms with Gasteiger partial charge in [-0.15, -0.1) is 0 Å². The second-order valence-electron chi connectivity index (χ2n) is 5.60. The molecule has 3 nitrogen and oxygen atoms in total. The van der Waals surface area contributed by atoms with Crippen LogP contribution in [0.4, 0.5) is 4.39 Å². The molecule has 2 atom stereocenters. The number of benzene rings is 1. The molecule has 1 heterocycles. The van der Waals surface area contributed by atoms with Crippen LogP contribution in [-0.2, 0) is 0 Å². The summed E-state index contributed by atoms with van der Waals surface area (Å²) in [6.07, 6.45) is 5.08. The molecule has 1 saturated heterocycles. The third-order valence-corrected chi connectivity index (χ3v) is 3.97. The van der Waals surface area contributed by atoms with E-state index >= 15 is 0 Å². The van der Waals surface area contributed by atoms with Gasteiger partial charge in [0.05, 0.1) is 6.61 Å². The SMILES string of the molecule is CN(C)[C@@H]1C[C@@H](CO)N(CC=Cc2ccc(F)cc2)C1. The first-order chi connectivity index (χ1) is 9.60. The van der Waals surface area contributed by atoms with Gasteiger partial charge in [-0.25, -0.2) is 4.39 Å². The zero-order valence-corrected chi connectivity index (χ0v) is 12.2. The number of nitrogens with zero attached hydrogens (tertiary/aromatic N) is 2. The second kappa shape index (κ2) is 6.97. The molecule has 1 fully saturated rings. The fourth-order valence-corrected chi connectivity index (χ4v) is 2.64. The number of hydrogen-bond donors (Lipinski definition) is 1. The third kappa shape index (κ3) is 3.88. The van der Waals surface area contributed by atoms with Gasteiger partial charge in [0.25, 0.3) is 0 Å². The summed E-state index contributed by atoms with van der Waals surface area (Å²) >= 11 is 0. The lowest BCUT2D eigenvalue weighted by Gasteiger charge is -2.21. The first-order valence-corrected chi connectivity index (χ1v) is 7.03. The summed E-state index contributed by atoms with van der Waals surface area (Å²) in [5, 5.41) is 9.46. The van der Waals surface area contributed by atoms with Crippen LogP contribution in [0.2, 0.25) is 0 Å². The molecule has 0 saturated carbocycles. The van der Waals surface area contributed by atoms with Crippen molar-refractivity contribution < 1.29 is 9.50 Å². The van der Waals surface area contributed by atoms with E-state index in [4.69, 9.17) is 0 Å². The third-order valence-electron chi connectivity index (χ3n) is 3.97. The number of likely N-dealkylation sites (tertiary alicyclic amines) is 1. The van der Waals surface area contributed by atoms with Crippen molar-refractivity contribution in [2.45, 2.75) is 18.5 Å². The molecule has 1 aromatic carbocycles. The highest BCUT2D eigenvalue weighted by Crippen LogP contribution is 2.20. The highest BCUT2D eigenvalue weighted by Gasteiger charge is 2.31. The van der Waals surface area contributed by atoms with Crippen molar-refractivity contribution in [3.63, 3.8) is 0 Å². The van der Waals surface area contributed by atoms with Crippen molar-refractivity contribution in [3.05, 3.63) is 41.7 Å². The minimum atomic E-state index is -0.212. The van der Waals surface area contributed by atoms with Crippen LogP contribution in [-0.4, -0.2) is 60.8 Å². The van der Waals surface area contributed by atoms with Crippen LogP contribution in [0.5, 0.6) is 0 Å². The average Bonchev–Trinajstić information content (AvgIpc) is 2.84. The largest absolute Gasteiger partial charge is 0.395 e. The maximum absolute atomic E-state index is 12.8. The molecule has 0 aliphatic carbocycles. The van der Waals surface area contributed by atoms with Crippen molar-refractivity contribution in [2.75, 3.05) is 33.8 Å². The predicted molar refractivity (Wildman–Crippen MR) is 80.0 cm³/mol. The zero-order valence-electron chi connectivity index (χ0n) is 12.2. The van der Waals surface area contributed by atoms with Crippen LogP contribution >= 0.6 is 0 Å². The van der Waals surface area contributed by atoms with Crippen molar-refractivity contribution in [1.29, 1.82) is 0 Å². The fraction of sp³-hybridized carbons (Fsp3) is 0.500. The molecule has 110 valence electrons. The minimum absolute atomic E-state index is 0.203. The predicted octanol–water partition coefficient (Wildman–Crippen LogP) is 1.84. The lowest BCUT2D eigenvalue weighted by molar-refractivity contribution is 0.170. The van der Waals surface area contributed by atoms with E-state index in [1.807, 2.05) is 6.08 Å². The minimum Gasteiger partial charge on any atom is -0.395 e. The van der Waals surface area contributed by atoms with Crippen LogP contribution in [0, 0.1) is 5.82 Å². The highest BCUT2D eigenvalue weighted by molar-refractivity contribution is 5.48. The van der Waals surface area contributed by atoms with Gasteiger partial charge in [0.15, 0.2) is 0 Å².